The SMILES string of the molecule is O=C(NCc1ccccc1)Nc1cc(C#CCO)ccn1. The first-order valence-electron chi connectivity index (χ1n) is 6.42. The lowest BCUT2D eigenvalue weighted by Crippen LogP contribution is -2.28. The summed E-state index contributed by atoms with van der Waals surface area (Å²) in [6.45, 7) is 0.235. The Morgan fingerprint density at radius 1 is 1.24 bits per heavy atom. The van der Waals surface area contributed by atoms with Gasteiger partial charge in [0.1, 0.15) is 12.4 Å². The van der Waals surface area contributed by atoms with Crippen LogP contribution in [-0.2, 0) is 6.54 Å². The van der Waals surface area contributed by atoms with Crippen LogP contribution in [0.4, 0.5) is 10.6 Å². The molecule has 106 valence electrons. The molecule has 5 heteroatoms. The Bertz CT molecular complexity index is 660. The zero-order valence-electron chi connectivity index (χ0n) is 11.3. The lowest BCUT2D eigenvalue weighted by atomic mass is 10.2. The molecule has 5 nitrogen and oxygen atoms in total. The normalized spacial score (nSPS) is 9.38. The minimum Gasteiger partial charge on any atom is -0.384 e. The molecule has 0 fully saturated rings. The van der Waals surface area contributed by atoms with Gasteiger partial charge in [0.25, 0.3) is 0 Å². The number of aromatic nitrogens is 1. The van der Waals surface area contributed by atoms with Crippen LogP contribution in [-0.4, -0.2) is 22.7 Å². The predicted octanol–water partition coefficient (Wildman–Crippen LogP) is 1.75. The highest BCUT2D eigenvalue weighted by Crippen LogP contribution is 2.05. The Kier molecular flexibility index (Phi) is 5.33. The molecule has 3 N–H and O–H groups in total. The lowest BCUT2D eigenvalue weighted by Gasteiger charge is -2.07. The van der Waals surface area contributed by atoms with Gasteiger partial charge in [-0.1, -0.05) is 42.2 Å². The minimum atomic E-state index is -0.335. The van der Waals surface area contributed by atoms with Gasteiger partial charge in [-0.25, -0.2) is 9.78 Å². The van der Waals surface area contributed by atoms with Crippen molar-refractivity contribution in [1.29, 1.82) is 0 Å². The van der Waals surface area contributed by atoms with Crippen molar-refractivity contribution in [1.82, 2.24) is 10.3 Å². The summed E-state index contributed by atoms with van der Waals surface area (Å²) in [5.74, 6) is 5.70. The third-order valence-corrected chi connectivity index (χ3v) is 2.61. The number of carbonyl (C=O) groups excluding carboxylic acids is 1. The zero-order valence-corrected chi connectivity index (χ0v) is 11.3. The maximum Gasteiger partial charge on any atom is 0.320 e. The number of hydrogen-bond acceptors (Lipinski definition) is 3. The van der Waals surface area contributed by atoms with Crippen LogP contribution in [0.15, 0.2) is 48.7 Å². The zero-order chi connectivity index (χ0) is 14.9. The maximum absolute atomic E-state index is 11.8. The first-order valence-corrected chi connectivity index (χ1v) is 6.42. The van der Waals surface area contributed by atoms with Gasteiger partial charge in [-0.2, -0.15) is 0 Å². The number of aliphatic hydroxyl groups is 1. The summed E-state index contributed by atoms with van der Waals surface area (Å²) in [5, 5.41) is 14.0. The number of pyridine rings is 1. The van der Waals surface area contributed by atoms with Crippen molar-refractivity contribution in [3.05, 3.63) is 59.8 Å². The molecule has 1 heterocycles. The summed E-state index contributed by atoms with van der Waals surface area (Å²) in [6, 6.07) is 12.6. The molecule has 0 unspecified atom stereocenters. The van der Waals surface area contributed by atoms with Gasteiger partial charge >= 0.3 is 6.03 Å². The van der Waals surface area contributed by atoms with Gasteiger partial charge < -0.3 is 10.4 Å². The standard InChI is InChI=1S/C16H15N3O2/c20-10-4-7-13-8-9-17-15(11-13)19-16(21)18-12-14-5-2-1-3-6-14/h1-3,5-6,8-9,11,20H,10,12H2,(H2,17,18,19,21). The second kappa shape index (κ2) is 7.68. The van der Waals surface area contributed by atoms with Crippen LogP contribution in [0.3, 0.4) is 0 Å². The fourth-order valence-electron chi connectivity index (χ4n) is 1.66. The minimum absolute atomic E-state index is 0.206. The van der Waals surface area contributed by atoms with Crippen molar-refractivity contribution < 1.29 is 9.90 Å². The van der Waals surface area contributed by atoms with E-state index < -0.39 is 0 Å². The molecule has 1 aromatic carbocycles. The van der Waals surface area contributed by atoms with Gasteiger partial charge in [0.05, 0.1) is 0 Å². The fourth-order valence-corrected chi connectivity index (χ4v) is 1.66. The summed E-state index contributed by atoms with van der Waals surface area (Å²) in [7, 11) is 0. The van der Waals surface area contributed by atoms with Crippen molar-refractivity contribution in [3.63, 3.8) is 0 Å². The molecule has 21 heavy (non-hydrogen) atoms. The Hall–Kier alpha value is -2.84. The van der Waals surface area contributed by atoms with Gasteiger partial charge in [-0.15, -0.1) is 0 Å². The molecule has 0 aliphatic rings. The van der Waals surface area contributed by atoms with E-state index in [1.165, 1.54) is 0 Å². The molecule has 0 bridgehead atoms. The van der Waals surface area contributed by atoms with E-state index in [-0.39, 0.29) is 12.6 Å². The molecule has 0 atom stereocenters. The van der Waals surface area contributed by atoms with Crippen LogP contribution < -0.4 is 10.6 Å². The maximum atomic E-state index is 11.8. The number of carbonyl (C=O) groups is 1. The largest absolute Gasteiger partial charge is 0.384 e. The van der Waals surface area contributed by atoms with E-state index in [9.17, 15) is 4.79 Å². The molecule has 0 saturated carbocycles. The Labute approximate surface area is 123 Å². The van der Waals surface area contributed by atoms with Crippen LogP contribution in [0, 0.1) is 11.8 Å². The lowest BCUT2D eigenvalue weighted by molar-refractivity contribution is 0.251. The molecule has 0 aliphatic carbocycles. The summed E-state index contributed by atoms with van der Waals surface area (Å²) in [4.78, 5) is 15.8. The summed E-state index contributed by atoms with van der Waals surface area (Å²) in [6.07, 6.45) is 1.55. The van der Waals surface area contributed by atoms with Gasteiger partial charge in [0.15, 0.2) is 0 Å². The smallest absolute Gasteiger partial charge is 0.320 e. The number of hydrogen-bond donors (Lipinski definition) is 3. The topological polar surface area (TPSA) is 74.2 Å². The molecular formula is C16H15N3O2. The van der Waals surface area contributed by atoms with Crippen LogP contribution >= 0.6 is 0 Å². The number of nitrogens with zero attached hydrogens (tertiary/aromatic N) is 1. The van der Waals surface area contributed by atoms with Gasteiger partial charge in [0, 0.05) is 18.3 Å². The summed E-state index contributed by atoms with van der Waals surface area (Å²) < 4.78 is 0. The highest BCUT2D eigenvalue weighted by atomic mass is 16.2. The van der Waals surface area contributed by atoms with Crippen molar-refractivity contribution in [2.45, 2.75) is 6.54 Å². The highest BCUT2D eigenvalue weighted by Gasteiger charge is 2.02. The molecule has 0 saturated heterocycles. The quantitative estimate of drug-likeness (QED) is 0.750. The molecule has 2 rings (SSSR count). The molecule has 2 amide bonds. The first kappa shape index (κ1) is 14.6. The molecule has 0 radical (unpaired) electrons. The van der Waals surface area contributed by atoms with Crippen LogP contribution in [0.25, 0.3) is 0 Å². The summed E-state index contributed by atoms with van der Waals surface area (Å²) >= 11 is 0. The van der Waals surface area contributed by atoms with E-state index >= 15 is 0 Å². The van der Waals surface area contributed by atoms with Crippen LogP contribution in [0.2, 0.25) is 0 Å². The fraction of sp³-hybridized carbons (Fsp3) is 0.125. The Balaban J connectivity index is 1.90. The van der Waals surface area contributed by atoms with Gasteiger partial charge in [-0.3, -0.25) is 5.32 Å². The average molecular weight is 281 g/mol. The second-order valence-electron chi connectivity index (χ2n) is 4.18. The number of urea groups is 1. The number of nitrogens with one attached hydrogen (secondary N) is 2. The van der Waals surface area contributed by atoms with Crippen molar-refractivity contribution in [3.8, 4) is 11.8 Å². The number of rotatable bonds is 3. The average Bonchev–Trinajstić information content (AvgIpc) is 2.52. The number of aliphatic hydroxyl groups excluding tert-OH is 1. The van der Waals surface area contributed by atoms with Crippen molar-refractivity contribution in [2.24, 2.45) is 0 Å². The Morgan fingerprint density at radius 3 is 2.81 bits per heavy atom. The molecule has 2 aromatic rings. The molecule has 0 aliphatic heterocycles. The van der Waals surface area contributed by atoms with E-state index in [0.29, 0.717) is 17.9 Å². The molecule has 0 spiro atoms. The second-order valence-corrected chi connectivity index (χ2v) is 4.18. The highest BCUT2D eigenvalue weighted by molar-refractivity contribution is 5.88. The van der Waals surface area contributed by atoms with E-state index in [0.717, 1.165) is 5.56 Å². The third kappa shape index (κ3) is 4.97. The van der Waals surface area contributed by atoms with Crippen molar-refractivity contribution >= 4 is 11.8 Å². The van der Waals surface area contributed by atoms with Gasteiger partial charge in [0.2, 0.25) is 0 Å². The van der Waals surface area contributed by atoms with Crippen molar-refractivity contribution in [2.75, 3.05) is 11.9 Å². The van der Waals surface area contributed by atoms with E-state index in [1.54, 1.807) is 18.3 Å². The van der Waals surface area contributed by atoms with Crippen LogP contribution in [0.5, 0.6) is 0 Å². The molecule has 1 aromatic heterocycles. The van der Waals surface area contributed by atoms with E-state index in [1.807, 2.05) is 30.3 Å². The van der Waals surface area contributed by atoms with E-state index in [4.69, 9.17) is 5.11 Å². The van der Waals surface area contributed by atoms with E-state index in [2.05, 4.69) is 27.5 Å². The van der Waals surface area contributed by atoms with Gasteiger partial charge in [-0.05, 0) is 17.7 Å². The third-order valence-electron chi connectivity index (χ3n) is 2.61. The summed E-state index contributed by atoms with van der Waals surface area (Å²) in [5.41, 5.74) is 1.69. The predicted molar refractivity (Wildman–Crippen MR) is 80.5 cm³/mol. The number of amides is 2. The monoisotopic (exact) mass is 281 g/mol. The first-order chi connectivity index (χ1) is 10.3. The van der Waals surface area contributed by atoms with Crippen LogP contribution in [0.1, 0.15) is 11.1 Å². The number of anilines is 1. The Morgan fingerprint density at radius 2 is 2.05 bits per heavy atom. The number of benzene rings is 1. The molecular weight excluding hydrogens is 266 g/mol.